The van der Waals surface area contributed by atoms with Gasteiger partial charge in [0.05, 0.1) is 9.70 Å². The molecule has 3 atom stereocenters. The van der Waals surface area contributed by atoms with Crippen LogP contribution in [0.25, 0.3) is 0 Å². The standard InChI is InChI=1S/C10H12Br2Cl2O/c1-9(13,7-15)4-3-8(12)10(2,14)5-6-11/h3-8H,1-2H3/b4-3-,6-5+/t8-,9?,10-/m1/s1. The van der Waals surface area contributed by atoms with Gasteiger partial charge in [-0.3, -0.25) is 0 Å². The van der Waals surface area contributed by atoms with Crippen molar-refractivity contribution in [3.05, 3.63) is 23.2 Å². The van der Waals surface area contributed by atoms with Gasteiger partial charge in [-0.25, -0.2) is 0 Å². The Hall–Kier alpha value is 0.690. The third kappa shape index (κ3) is 6.10. The summed E-state index contributed by atoms with van der Waals surface area (Å²) in [6, 6.07) is 0. The summed E-state index contributed by atoms with van der Waals surface area (Å²) in [6.07, 6.45) is 5.85. The molecule has 1 unspecified atom stereocenters. The van der Waals surface area contributed by atoms with Crippen molar-refractivity contribution in [1.82, 2.24) is 0 Å². The van der Waals surface area contributed by atoms with Gasteiger partial charge in [-0.15, -0.1) is 23.2 Å². The molecule has 0 aliphatic carbocycles. The summed E-state index contributed by atoms with van der Waals surface area (Å²) in [5.41, 5.74) is 0. The molecule has 15 heavy (non-hydrogen) atoms. The number of halogens is 4. The van der Waals surface area contributed by atoms with Crippen LogP contribution in [0, 0.1) is 0 Å². The maximum atomic E-state index is 10.6. The van der Waals surface area contributed by atoms with Gasteiger partial charge >= 0.3 is 0 Å². The van der Waals surface area contributed by atoms with Crippen molar-refractivity contribution in [3.8, 4) is 0 Å². The van der Waals surface area contributed by atoms with Crippen LogP contribution in [0.15, 0.2) is 23.2 Å². The molecule has 0 aromatic carbocycles. The van der Waals surface area contributed by atoms with E-state index in [1.807, 2.05) is 6.92 Å². The van der Waals surface area contributed by atoms with Gasteiger partial charge in [0.1, 0.15) is 11.2 Å². The summed E-state index contributed by atoms with van der Waals surface area (Å²) in [4.78, 5) is 10.6. The Labute approximate surface area is 117 Å². The zero-order chi connectivity index (χ0) is 12.1. The topological polar surface area (TPSA) is 17.1 Å². The number of hydrogen-bond acceptors (Lipinski definition) is 1. The summed E-state index contributed by atoms with van der Waals surface area (Å²) >= 11 is 18.6. The highest BCUT2D eigenvalue weighted by molar-refractivity contribution is 9.11. The van der Waals surface area contributed by atoms with Crippen LogP contribution in [0.5, 0.6) is 0 Å². The third-order valence-corrected chi connectivity index (χ3v) is 4.11. The highest BCUT2D eigenvalue weighted by Gasteiger charge is 2.26. The first kappa shape index (κ1) is 15.7. The molecule has 0 heterocycles. The Bertz CT molecular complexity index is 273. The van der Waals surface area contributed by atoms with Crippen LogP contribution in [0.1, 0.15) is 13.8 Å². The minimum Gasteiger partial charge on any atom is -0.301 e. The Balaban J connectivity index is 4.62. The van der Waals surface area contributed by atoms with Crippen molar-refractivity contribution < 1.29 is 4.79 Å². The third-order valence-electron chi connectivity index (χ3n) is 1.75. The van der Waals surface area contributed by atoms with Crippen LogP contribution >= 0.6 is 55.1 Å². The zero-order valence-corrected chi connectivity index (χ0v) is 13.1. The second kappa shape index (κ2) is 6.43. The van der Waals surface area contributed by atoms with E-state index >= 15 is 0 Å². The molecule has 1 nitrogen and oxygen atoms in total. The molecule has 0 aliphatic heterocycles. The van der Waals surface area contributed by atoms with E-state index in [0.717, 1.165) is 0 Å². The molecule has 5 heteroatoms. The average Bonchev–Trinajstić information content (AvgIpc) is 2.14. The molecule has 0 fully saturated rings. The highest BCUT2D eigenvalue weighted by atomic mass is 79.9. The number of carbonyl (C=O) groups excluding carboxylic acids is 1. The second-order valence-corrected chi connectivity index (χ2v) is 6.62. The first-order chi connectivity index (χ1) is 6.75. The van der Waals surface area contributed by atoms with E-state index < -0.39 is 9.75 Å². The van der Waals surface area contributed by atoms with Crippen molar-refractivity contribution in [2.45, 2.75) is 28.4 Å². The normalized spacial score (nSPS) is 22.5. The van der Waals surface area contributed by atoms with Gasteiger partial charge in [0.15, 0.2) is 0 Å². The van der Waals surface area contributed by atoms with Gasteiger partial charge in [-0.05, 0) is 18.8 Å². The van der Waals surface area contributed by atoms with E-state index in [2.05, 4.69) is 31.9 Å². The first-order valence-corrected chi connectivity index (χ1v) is 6.79. The van der Waals surface area contributed by atoms with E-state index in [1.165, 1.54) is 0 Å². The zero-order valence-electron chi connectivity index (χ0n) is 8.38. The van der Waals surface area contributed by atoms with Crippen LogP contribution in [0.3, 0.4) is 0 Å². The second-order valence-electron chi connectivity index (χ2n) is 3.47. The molecule has 0 N–H and O–H groups in total. The van der Waals surface area contributed by atoms with E-state index in [0.29, 0.717) is 6.29 Å². The predicted octanol–water partition coefficient (Wildman–Crippen LogP) is 4.41. The number of alkyl halides is 3. The minimum absolute atomic E-state index is 0.113. The maximum absolute atomic E-state index is 10.6. The van der Waals surface area contributed by atoms with Crippen LogP contribution in [0.2, 0.25) is 0 Å². The van der Waals surface area contributed by atoms with Crippen LogP contribution in [-0.2, 0) is 4.79 Å². The van der Waals surface area contributed by atoms with E-state index in [4.69, 9.17) is 23.2 Å². The molecule has 0 spiro atoms. The number of carbonyl (C=O) groups is 1. The average molecular weight is 379 g/mol. The van der Waals surface area contributed by atoms with Crippen LogP contribution in [-0.4, -0.2) is 20.9 Å². The molecule has 0 aliphatic rings. The fourth-order valence-corrected chi connectivity index (χ4v) is 1.93. The summed E-state index contributed by atoms with van der Waals surface area (Å²) < 4.78 is 0. The van der Waals surface area contributed by atoms with E-state index in [-0.39, 0.29) is 4.83 Å². The van der Waals surface area contributed by atoms with Crippen LogP contribution in [0.4, 0.5) is 0 Å². The Kier molecular flexibility index (Phi) is 6.73. The van der Waals surface area contributed by atoms with Gasteiger partial charge in [0, 0.05) is 0 Å². The van der Waals surface area contributed by atoms with E-state index in [9.17, 15) is 4.79 Å². The fourth-order valence-electron chi connectivity index (χ4n) is 0.715. The molecule has 0 aromatic rings. The number of hydrogen-bond donors (Lipinski definition) is 0. The summed E-state index contributed by atoms with van der Waals surface area (Å²) in [5.74, 6) is 0. The highest BCUT2D eigenvalue weighted by Crippen LogP contribution is 2.29. The summed E-state index contributed by atoms with van der Waals surface area (Å²) in [5, 5.41) is 0. The number of allylic oxidation sites excluding steroid dienone is 3. The lowest BCUT2D eigenvalue weighted by Gasteiger charge is -2.22. The number of aldehydes is 1. The van der Waals surface area contributed by atoms with Crippen molar-refractivity contribution in [2.75, 3.05) is 0 Å². The minimum atomic E-state index is -0.975. The molecule has 0 rings (SSSR count). The lowest BCUT2D eigenvalue weighted by Crippen LogP contribution is -2.25. The first-order valence-electron chi connectivity index (χ1n) is 4.20. The quantitative estimate of drug-likeness (QED) is 0.393. The molecular weight excluding hydrogens is 367 g/mol. The monoisotopic (exact) mass is 376 g/mol. The summed E-state index contributed by atoms with van der Waals surface area (Å²) in [6.45, 7) is 3.46. The largest absolute Gasteiger partial charge is 0.301 e. The molecule has 0 bridgehead atoms. The van der Waals surface area contributed by atoms with Crippen molar-refractivity contribution >= 4 is 61.3 Å². The predicted molar refractivity (Wildman–Crippen MR) is 74.5 cm³/mol. The molecule has 0 saturated heterocycles. The SMILES string of the molecule is CC(Cl)(C=O)/C=C\[C@@H](Br)[C@](C)(Cl)/C=C/Br. The van der Waals surface area contributed by atoms with Crippen LogP contribution < -0.4 is 0 Å². The fraction of sp³-hybridized carbons (Fsp3) is 0.500. The molecule has 0 radical (unpaired) electrons. The Morgan fingerprint density at radius 3 is 2.20 bits per heavy atom. The summed E-state index contributed by atoms with van der Waals surface area (Å²) in [7, 11) is 0. The molecule has 0 amide bonds. The molecular formula is C10H12Br2Cl2O. The lowest BCUT2D eigenvalue weighted by atomic mass is 10.1. The van der Waals surface area contributed by atoms with E-state index in [1.54, 1.807) is 30.1 Å². The van der Waals surface area contributed by atoms with Crippen molar-refractivity contribution in [3.63, 3.8) is 0 Å². The van der Waals surface area contributed by atoms with Gasteiger partial charge in [0.25, 0.3) is 0 Å². The van der Waals surface area contributed by atoms with Gasteiger partial charge in [-0.2, -0.15) is 0 Å². The van der Waals surface area contributed by atoms with Gasteiger partial charge in [-0.1, -0.05) is 50.1 Å². The van der Waals surface area contributed by atoms with Crippen molar-refractivity contribution in [2.24, 2.45) is 0 Å². The lowest BCUT2D eigenvalue weighted by molar-refractivity contribution is -0.108. The molecule has 0 saturated carbocycles. The maximum Gasteiger partial charge on any atom is 0.144 e. The Morgan fingerprint density at radius 2 is 1.80 bits per heavy atom. The Morgan fingerprint density at radius 1 is 1.27 bits per heavy atom. The molecule has 0 aromatic heterocycles. The van der Waals surface area contributed by atoms with Gasteiger partial charge < -0.3 is 4.79 Å². The smallest absolute Gasteiger partial charge is 0.144 e. The number of rotatable bonds is 5. The van der Waals surface area contributed by atoms with Crippen molar-refractivity contribution in [1.29, 1.82) is 0 Å². The van der Waals surface area contributed by atoms with Gasteiger partial charge in [0.2, 0.25) is 0 Å². The molecule has 86 valence electrons.